The molecule has 2 heterocycles. The number of hydrogen-bond donors (Lipinski definition) is 1. The lowest BCUT2D eigenvalue weighted by Crippen LogP contribution is -1.95. The fourth-order valence-electron chi connectivity index (χ4n) is 3.55. The van der Waals surface area contributed by atoms with Gasteiger partial charge in [0, 0.05) is 23.5 Å². The molecule has 0 bridgehead atoms. The molecule has 3 aromatic rings. The van der Waals surface area contributed by atoms with Crippen molar-refractivity contribution >= 4 is 11.1 Å². The molecule has 0 radical (unpaired) electrons. The Morgan fingerprint density at radius 1 is 1.04 bits per heavy atom. The third kappa shape index (κ3) is 3.17. The predicted molar refractivity (Wildman–Crippen MR) is 98.1 cm³/mol. The largest absolute Gasteiger partial charge is 0.344 e. The summed E-state index contributed by atoms with van der Waals surface area (Å²) in [7, 11) is 0. The highest BCUT2D eigenvalue weighted by molar-refractivity contribution is 7.78. The Labute approximate surface area is 148 Å². The van der Waals surface area contributed by atoms with Crippen LogP contribution < -0.4 is 0 Å². The van der Waals surface area contributed by atoms with E-state index in [1.54, 1.807) is 0 Å². The Kier molecular flexibility index (Phi) is 4.27. The Balaban J connectivity index is 1.74. The number of fused-ring (bicyclic) bond motifs is 1. The van der Waals surface area contributed by atoms with Crippen molar-refractivity contribution in [2.45, 2.75) is 25.1 Å². The normalized spacial score (nSPS) is 14.5. The molecule has 1 atom stereocenters. The van der Waals surface area contributed by atoms with Crippen molar-refractivity contribution < 1.29 is 13.2 Å². The average Bonchev–Trinajstić information content (AvgIpc) is 3.19. The van der Waals surface area contributed by atoms with Crippen LogP contribution in [0.1, 0.15) is 17.7 Å². The zero-order chi connectivity index (χ0) is 17.4. The first-order chi connectivity index (χ1) is 12.1. The molecule has 1 aromatic heterocycles. The van der Waals surface area contributed by atoms with Crippen molar-refractivity contribution in [1.82, 2.24) is 4.57 Å². The van der Waals surface area contributed by atoms with Gasteiger partial charge in [-0.3, -0.25) is 0 Å². The van der Waals surface area contributed by atoms with E-state index >= 15 is 0 Å². The van der Waals surface area contributed by atoms with E-state index in [4.69, 9.17) is 4.55 Å². The molecule has 0 fully saturated rings. The van der Waals surface area contributed by atoms with E-state index in [1.165, 1.54) is 23.4 Å². The fraction of sp³-hybridized carbons (Fsp3) is 0.200. The van der Waals surface area contributed by atoms with Gasteiger partial charge in [0.15, 0.2) is 11.1 Å². The summed E-state index contributed by atoms with van der Waals surface area (Å²) in [4.78, 5) is 0. The van der Waals surface area contributed by atoms with Crippen LogP contribution in [0.25, 0.3) is 22.4 Å². The minimum Gasteiger partial charge on any atom is -0.344 e. The van der Waals surface area contributed by atoms with Gasteiger partial charge in [0.05, 0.1) is 5.75 Å². The highest BCUT2D eigenvalue weighted by atomic mass is 32.2. The van der Waals surface area contributed by atoms with Crippen molar-refractivity contribution in [3.63, 3.8) is 0 Å². The van der Waals surface area contributed by atoms with Gasteiger partial charge in [0.1, 0.15) is 5.82 Å². The molecule has 25 heavy (non-hydrogen) atoms. The fourth-order valence-corrected chi connectivity index (χ4v) is 4.03. The van der Waals surface area contributed by atoms with Gasteiger partial charge < -0.3 is 9.12 Å². The van der Waals surface area contributed by atoms with Crippen LogP contribution in [0.2, 0.25) is 0 Å². The quantitative estimate of drug-likeness (QED) is 0.694. The lowest BCUT2D eigenvalue weighted by Gasteiger charge is -2.06. The first kappa shape index (κ1) is 16.2. The molecule has 0 saturated carbocycles. The van der Waals surface area contributed by atoms with Gasteiger partial charge in [-0.2, -0.15) is 0 Å². The van der Waals surface area contributed by atoms with Gasteiger partial charge in [0.2, 0.25) is 0 Å². The Morgan fingerprint density at radius 3 is 2.40 bits per heavy atom. The van der Waals surface area contributed by atoms with E-state index in [2.05, 4.69) is 10.6 Å². The van der Waals surface area contributed by atoms with Crippen molar-refractivity contribution in [2.24, 2.45) is 0 Å². The van der Waals surface area contributed by atoms with Gasteiger partial charge >= 0.3 is 0 Å². The summed E-state index contributed by atoms with van der Waals surface area (Å²) < 4.78 is 35.5. The summed E-state index contributed by atoms with van der Waals surface area (Å²) in [5, 5.41) is 0. The molecule has 1 unspecified atom stereocenters. The standard InChI is InChI=1S/C20H18FNO2S/c21-17-9-7-16(8-10-17)20-12-18(19-2-1-11-22(19)20)15-5-3-14(4-6-15)13-25(23)24/h3-10,12H,1-2,11,13H2,(H,23,24). The molecular formula is C20H18FNO2S. The third-order valence-electron chi connectivity index (χ3n) is 4.70. The minimum absolute atomic E-state index is 0.148. The summed E-state index contributed by atoms with van der Waals surface area (Å²) in [5.74, 6) is -0.0799. The number of benzene rings is 2. The molecule has 0 saturated heterocycles. The third-order valence-corrected chi connectivity index (χ3v) is 5.28. The van der Waals surface area contributed by atoms with Crippen LogP contribution >= 0.6 is 0 Å². The number of nitrogens with zero attached hydrogens (tertiary/aromatic N) is 1. The average molecular weight is 355 g/mol. The van der Waals surface area contributed by atoms with E-state index < -0.39 is 11.1 Å². The van der Waals surface area contributed by atoms with Crippen LogP contribution in [0.15, 0.2) is 54.6 Å². The van der Waals surface area contributed by atoms with Crippen molar-refractivity contribution in [2.75, 3.05) is 0 Å². The predicted octanol–water partition coefficient (Wildman–Crippen LogP) is 4.63. The zero-order valence-corrected chi connectivity index (χ0v) is 14.4. The van der Waals surface area contributed by atoms with Crippen molar-refractivity contribution in [3.8, 4) is 22.4 Å². The molecule has 128 valence electrons. The van der Waals surface area contributed by atoms with Gasteiger partial charge in [-0.1, -0.05) is 24.3 Å². The SMILES string of the molecule is O=S(O)Cc1ccc(-c2cc(-c3ccc(F)cc3)n3c2CCC3)cc1. The Morgan fingerprint density at radius 2 is 1.72 bits per heavy atom. The lowest BCUT2D eigenvalue weighted by molar-refractivity contribution is 0.563. The number of rotatable bonds is 4. The summed E-state index contributed by atoms with van der Waals surface area (Å²) in [6.45, 7) is 0.976. The number of halogens is 1. The maximum Gasteiger partial charge on any atom is 0.157 e. The molecule has 1 aliphatic heterocycles. The smallest absolute Gasteiger partial charge is 0.157 e. The molecule has 0 amide bonds. The summed E-state index contributed by atoms with van der Waals surface area (Å²) in [5.41, 5.74) is 6.57. The van der Waals surface area contributed by atoms with Crippen LogP contribution in [0.4, 0.5) is 4.39 Å². The summed E-state index contributed by atoms with van der Waals surface area (Å²) >= 11 is -1.82. The van der Waals surface area contributed by atoms with Gasteiger partial charge in [-0.15, -0.1) is 0 Å². The van der Waals surface area contributed by atoms with E-state index in [-0.39, 0.29) is 11.6 Å². The highest BCUT2D eigenvalue weighted by Gasteiger charge is 2.21. The van der Waals surface area contributed by atoms with Crippen LogP contribution in [0.5, 0.6) is 0 Å². The van der Waals surface area contributed by atoms with Gasteiger partial charge in [0.25, 0.3) is 0 Å². The molecule has 1 N–H and O–H groups in total. The molecule has 5 heteroatoms. The van der Waals surface area contributed by atoms with E-state index in [0.717, 1.165) is 41.8 Å². The lowest BCUT2D eigenvalue weighted by atomic mass is 10.0. The molecule has 4 rings (SSSR count). The molecule has 1 aliphatic rings. The van der Waals surface area contributed by atoms with E-state index in [1.807, 2.05) is 36.4 Å². The second kappa shape index (κ2) is 6.58. The maximum atomic E-state index is 13.2. The second-order valence-corrected chi connectivity index (χ2v) is 7.25. The molecule has 3 nitrogen and oxygen atoms in total. The van der Waals surface area contributed by atoms with Crippen LogP contribution in [0, 0.1) is 5.82 Å². The van der Waals surface area contributed by atoms with Gasteiger partial charge in [-0.05, 0) is 59.9 Å². The van der Waals surface area contributed by atoms with Crippen LogP contribution in [-0.2, 0) is 29.8 Å². The second-order valence-electron chi connectivity index (χ2n) is 6.31. The first-order valence-corrected chi connectivity index (χ1v) is 9.54. The zero-order valence-electron chi connectivity index (χ0n) is 13.6. The van der Waals surface area contributed by atoms with Gasteiger partial charge in [-0.25, -0.2) is 8.60 Å². The molecular weight excluding hydrogens is 337 g/mol. The molecule has 2 aromatic carbocycles. The highest BCUT2D eigenvalue weighted by Crippen LogP contribution is 2.37. The summed E-state index contributed by atoms with van der Waals surface area (Å²) in [6.07, 6.45) is 2.14. The monoisotopic (exact) mass is 355 g/mol. The maximum absolute atomic E-state index is 13.2. The van der Waals surface area contributed by atoms with Crippen LogP contribution in [-0.4, -0.2) is 13.3 Å². The van der Waals surface area contributed by atoms with Crippen molar-refractivity contribution in [1.29, 1.82) is 0 Å². The molecule has 0 aliphatic carbocycles. The Bertz CT molecular complexity index is 930. The first-order valence-electron chi connectivity index (χ1n) is 8.27. The minimum atomic E-state index is -1.82. The van der Waals surface area contributed by atoms with E-state index in [0.29, 0.717) is 0 Å². The van der Waals surface area contributed by atoms with Crippen molar-refractivity contribution in [3.05, 3.63) is 71.7 Å². The Hall–Kier alpha value is -2.24. The molecule has 0 spiro atoms. The number of aromatic nitrogens is 1. The topological polar surface area (TPSA) is 42.2 Å². The number of hydrogen-bond acceptors (Lipinski definition) is 1. The summed E-state index contributed by atoms with van der Waals surface area (Å²) in [6, 6.07) is 16.6. The van der Waals surface area contributed by atoms with Crippen LogP contribution in [0.3, 0.4) is 0 Å². The van der Waals surface area contributed by atoms with E-state index in [9.17, 15) is 8.60 Å².